The zero-order valence-electron chi connectivity index (χ0n) is 13.4. The predicted molar refractivity (Wildman–Crippen MR) is 91.0 cm³/mol. The monoisotopic (exact) mass is 345 g/mol. The van der Waals surface area contributed by atoms with E-state index in [2.05, 4.69) is 10.8 Å². The van der Waals surface area contributed by atoms with Gasteiger partial charge in [0.2, 0.25) is 10.0 Å². The Balaban J connectivity index is 1.65. The van der Waals surface area contributed by atoms with E-state index >= 15 is 0 Å². The lowest BCUT2D eigenvalue weighted by molar-refractivity contribution is 0.101. The van der Waals surface area contributed by atoms with Crippen LogP contribution in [0.4, 0.5) is 0 Å². The van der Waals surface area contributed by atoms with Gasteiger partial charge in [-0.3, -0.25) is 4.79 Å². The average Bonchev–Trinajstić information content (AvgIpc) is 3.02. The van der Waals surface area contributed by atoms with E-state index in [4.69, 9.17) is 4.74 Å². The molecule has 0 atom stereocenters. The molecule has 0 spiro atoms. The first-order valence-electron chi connectivity index (χ1n) is 7.81. The Kier molecular flexibility index (Phi) is 4.69. The molecule has 126 valence electrons. The molecule has 0 amide bonds. The minimum atomic E-state index is -3.62. The lowest BCUT2D eigenvalue weighted by Crippen LogP contribution is -2.26. The van der Waals surface area contributed by atoms with Gasteiger partial charge in [-0.05, 0) is 42.7 Å². The van der Waals surface area contributed by atoms with Gasteiger partial charge in [0.15, 0.2) is 5.78 Å². The van der Waals surface area contributed by atoms with Crippen LogP contribution in [-0.4, -0.2) is 27.4 Å². The highest BCUT2D eigenvalue weighted by Gasteiger charge is 2.16. The summed E-state index contributed by atoms with van der Waals surface area (Å²) in [5.41, 5.74) is 2.63. The Morgan fingerprint density at radius 1 is 1.21 bits per heavy atom. The minimum Gasteiger partial charge on any atom is -0.493 e. The molecule has 1 heterocycles. The first kappa shape index (κ1) is 16.7. The third kappa shape index (κ3) is 3.66. The summed E-state index contributed by atoms with van der Waals surface area (Å²) in [6.07, 6.45) is 1.49. The molecule has 0 bridgehead atoms. The second kappa shape index (κ2) is 6.75. The second-order valence-corrected chi connectivity index (χ2v) is 7.54. The molecule has 1 N–H and O–H groups in total. The van der Waals surface area contributed by atoms with Gasteiger partial charge in [0.25, 0.3) is 0 Å². The Bertz CT molecular complexity index is 874. The van der Waals surface area contributed by atoms with E-state index in [1.807, 2.05) is 12.1 Å². The van der Waals surface area contributed by atoms with Crippen molar-refractivity contribution in [2.24, 2.45) is 0 Å². The number of benzene rings is 2. The topological polar surface area (TPSA) is 72.5 Å². The standard InChI is InChI=1S/C18H19NO4S/c1-13(20)15-3-2-4-17(12-15)24(21,22)19-9-7-14-5-6-18-16(11-14)8-10-23-18/h2-6,11-12,19H,7-10H2,1H3. The van der Waals surface area contributed by atoms with Gasteiger partial charge in [-0.25, -0.2) is 13.1 Å². The van der Waals surface area contributed by atoms with Crippen LogP contribution >= 0.6 is 0 Å². The molecule has 24 heavy (non-hydrogen) atoms. The van der Waals surface area contributed by atoms with Gasteiger partial charge in [-0.15, -0.1) is 0 Å². The summed E-state index contributed by atoms with van der Waals surface area (Å²) in [7, 11) is -3.62. The first-order valence-corrected chi connectivity index (χ1v) is 9.29. The lowest BCUT2D eigenvalue weighted by Gasteiger charge is -2.08. The molecule has 0 unspecified atom stereocenters. The quantitative estimate of drug-likeness (QED) is 0.816. The Morgan fingerprint density at radius 2 is 2.04 bits per heavy atom. The fourth-order valence-corrected chi connectivity index (χ4v) is 3.77. The maximum absolute atomic E-state index is 12.3. The van der Waals surface area contributed by atoms with Crippen LogP contribution in [-0.2, 0) is 22.9 Å². The van der Waals surface area contributed by atoms with Crippen LogP contribution < -0.4 is 9.46 Å². The number of carbonyl (C=O) groups is 1. The number of ketones is 1. The summed E-state index contributed by atoms with van der Waals surface area (Å²) in [5, 5.41) is 0. The maximum Gasteiger partial charge on any atom is 0.240 e. The molecule has 5 nitrogen and oxygen atoms in total. The normalized spacial score (nSPS) is 13.4. The van der Waals surface area contributed by atoms with E-state index in [0.29, 0.717) is 25.1 Å². The van der Waals surface area contributed by atoms with Crippen molar-refractivity contribution in [3.8, 4) is 5.75 Å². The number of nitrogens with one attached hydrogen (secondary N) is 1. The fourth-order valence-electron chi connectivity index (χ4n) is 2.69. The number of sulfonamides is 1. The van der Waals surface area contributed by atoms with E-state index in [9.17, 15) is 13.2 Å². The Labute approximate surface area is 141 Å². The smallest absolute Gasteiger partial charge is 0.240 e. The number of fused-ring (bicyclic) bond motifs is 1. The largest absolute Gasteiger partial charge is 0.493 e. The highest BCUT2D eigenvalue weighted by molar-refractivity contribution is 7.89. The summed E-state index contributed by atoms with van der Waals surface area (Å²) in [6, 6.07) is 12.0. The van der Waals surface area contributed by atoms with E-state index in [0.717, 1.165) is 17.7 Å². The second-order valence-electron chi connectivity index (χ2n) is 5.77. The van der Waals surface area contributed by atoms with E-state index < -0.39 is 10.0 Å². The molecule has 1 aliphatic rings. The summed E-state index contributed by atoms with van der Waals surface area (Å²) < 4.78 is 32.7. The van der Waals surface area contributed by atoms with Crippen LogP contribution in [0.1, 0.15) is 28.4 Å². The van der Waals surface area contributed by atoms with Gasteiger partial charge >= 0.3 is 0 Å². The number of hydrogen-bond donors (Lipinski definition) is 1. The SMILES string of the molecule is CC(=O)c1cccc(S(=O)(=O)NCCc2ccc3c(c2)CCO3)c1. The van der Waals surface area contributed by atoms with Crippen LogP contribution in [0.5, 0.6) is 5.75 Å². The van der Waals surface area contributed by atoms with Gasteiger partial charge in [0.1, 0.15) is 5.75 Å². The molecule has 0 radical (unpaired) electrons. The number of rotatable bonds is 6. The Morgan fingerprint density at radius 3 is 2.83 bits per heavy atom. The molecule has 6 heteroatoms. The third-order valence-corrected chi connectivity index (χ3v) is 5.47. The van der Waals surface area contributed by atoms with E-state index in [1.54, 1.807) is 12.1 Å². The van der Waals surface area contributed by atoms with Gasteiger partial charge < -0.3 is 4.74 Å². The first-order chi connectivity index (χ1) is 11.5. The molecule has 3 rings (SSSR count). The number of ether oxygens (including phenoxy) is 1. The zero-order chi connectivity index (χ0) is 17.2. The summed E-state index contributed by atoms with van der Waals surface area (Å²) in [4.78, 5) is 11.5. The van der Waals surface area contributed by atoms with Gasteiger partial charge in [-0.1, -0.05) is 24.3 Å². The molecule has 0 aliphatic carbocycles. The van der Waals surface area contributed by atoms with Gasteiger partial charge in [0.05, 0.1) is 11.5 Å². The molecule has 0 aromatic heterocycles. The molecule has 0 saturated heterocycles. The molecular weight excluding hydrogens is 326 g/mol. The molecule has 2 aromatic carbocycles. The molecule has 0 fully saturated rings. The maximum atomic E-state index is 12.3. The van der Waals surface area contributed by atoms with Crippen molar-refractivity contribution in [3.05, 3.63) is 59.2 Å². The number of Topliss-reactive ketones (excluding diaryl/α,β-unsaturated/α-hetero) is 1. The minimum absolute atomic E-state index is 0.109. The summed E-state index contributed by atoms with van der Waals surface area (Å²) >= 11 is 0. The number of carbonyl (C=O) groups excluding carboxylic acids is 1. The van der Waals surface area contributed by atoms with Crippen molar-refractivity contribution >= 4 is 15.8 Å². The van der Waals surface area contributed by atoms with Crippen molar-refractivity contribution in [1.29, 1.82) is 0 Å². The van der Waals surface area contributed by atoms with Crippen molar-refractivity contribution in [2.45, 2.75) is 24.7 Å². The van der Waals surface area contributed by atoms with Gasteiger partial charge in [0, 0.05) is 18.5 Å². The highest BCUT2D eigenvalue weighted by Crippen LogP contribution is 2.25. The van der Waals surface area contributed by atoms with Crippen LogP contribution in [0.15, 0.2) is 47.4 Å². The van der Waals surface area contributed by atoms with Crippen molar-refractivity contribution in [3.63, 3.8) is 0 Å². The third-order valence-electron chi connectivity index (χ3n) is 4.01. The van der Waals surface area contributed by atoms with Crippen LogP contribution in [0.2, 0.25) is 0 Å². The van der Waals surface area contributed by atoms with Crippen molar-refractivity contribution in [2.75, 3.05) is 13.2 Å². The van der Waals surface area contributed by atoms with Crippen molar-refractivity contribution in [1.82, 2.24) is 4.72 Å². The van der Waals surface area contributed by atoms with Crippen LogP contribution in [0.25, 0.3) is 0 Å². The summed E-state index contributed by atoms with van der Waals surface area (Å²) in [6.45, 7) is 2.42. The number of hydrogen-bond acceptors (Lipinski definition) is 4. The molecule has 2 aromatic rings. The summed E-state index contributed by atoms with van der Waals surface area (Å²) in [5.74, 6) is 0.757. The van der Waals surface area contributed by atoms with Gasteiger partial charge in [-0.2, -0.15) is 0 Å². The molecule has 1 aliphatic heterocycles. The van der Waals surface area contributed by atoms with Crippen molar-refractivity contribution < 1.29 is 17.9 Å². The zero-order valence-corrected chi connectivity index (χ0v) is 14.2. The lowest BCUT2D eigenvalue weighted by atomic mass is 10.1. The Hall–Kier alpha value is -2.18. The van der Waals surface area contributed by atoms with Crippen LogP contribution in [0.3, 0.4) is 0 Å². The predicted octanol–water partition coefficient (Wildman–Crippen LogP) is 2.35. The highest BCUT2D eigenvalue weighted by atomic mass is 32.2. The average molecular weight is 345 g/mol. The van der Waals surface area contributed by atoms with E-state index in [-0.39, 0.29) is 10.7 Å². The van der Waals surface area contributed by atoms with E-state index in [1.165, 1.54) is 24.6 Å². The molecular formula is C18H19NO4S. The fraction of sp³-hybridized carbons (Fsp3) is 0.278. The molecule has 0 saturated carbocycles. The van der Waals surface area contributed by atoms with Crippen LogP contribution in [0, 0.1) is 0 Å².